The maximum Gasteiger partial charge on any atom is 0.319 e. The summed E-state index contributed by atoms with van der Waals surface area (Å²) in [5.41, 5.74) is 0.281. The van der Waals surface area contributed by atoms with Gasteiger partial charge in [0, 0.05) is 23.4 Å². The quantitative estimate of drug-likeness (QED) is 0.778. The van der Waals surface area contributed by atoms with Gasteiger partial charge >= 0.3 is 6.03 Å². The Hall–Kier alpha value is -1.33. The summed E-state index contributed by atoms with van der Waals surface area (Å²) >= 11 is 5.64. The zero-order valence-corrected chi connectivity index (χ0v) is 10.1. The fraction of sp³-hybridized carbons (Fsp3) is 0.364. The SMILES string of the molecule is C[C@H](CCO)NC(=O)Nc1cc(F)cc(Cl)c1. The van der Waals surface area contributed by atoms with E-state index in [9.17, 15) is 9.18 Å². The molecule has 0 fully saturated rings. The molecule has 1 atom stereocenters. The lowest BCUT2D eigenvalue weighted by Crippen LogP contribution is -2.36. The number of hydrogen-bond donors (Lipinski definition) is 3. The highest BCUT2D eigenvalue weighted by molar-refractivity contribution is 6.30. The van der Waals surface area contributed by atoms with Gasteiger partial charge in [0.25, 0.3) is 0 Å². The van der Waals surface area contributed by atoms with Crippen LogP contribution >= 0.6 is 11.6 Å². The lowest BCUT2D eigenvalue weighted by molar-refractivity contribution is 0.241. The van der Waals surface area contributed by atoms with Crippen LogP contribution in [0.15, 0.2) is 18.2 Å². The molecule has 2 amide bonds. The first-order chi connectivity index (χ1) is 8.01. The number of nitrogens with one attached hydrogen (secondary N) is 2. The third-order valence-corrected chi connectivity index (χ3v) is 2.28. The topological polar surface area (TPSA) is 61.4 Å². The lowest BCUT2D eigenvalue weighted by Gasteiger charge is -2.13. The molecule has 0 aliphatic heterocycles. The van der Waals surface area contributed by atoms with Gasteiger partial charge in [0.05, 0.1) is 0 Å². The molecule has 0 saturated carbocycles. The molecule has 0 spiro atoms. The Morgan fingerprint density at radius 1 is 1.53 bits per heavy atom. The van der Waals surface area contributed by atoms with Gasteiger partial charge < -0.3 is 15.7 Å². The van der Waals surface area contributed by atoms with E-state index >= 15 is 0 Å². The van der Waals surface area contributed by atoms with Crippen molar-refractivity contribution in [3.8, 4) is 0 Å². The van der Waals surface area contributed by atoms with Crippen LogP contribution in [0.4, 0.5) is 14.9 Å². The van der Waals surface area contributed by atoms with Gasteiger partial charge in [0.1, 0.15) is 5.82 Å². The molecular formula is C11H14ClFN2O2. The Bertz CT molecular complexity index is 381. The van der Waals surface area contributed by atoms with E-state index in [1.165, 1.54) is 12.1 Å². The molecule has 1 aromatic rings. The van der Waals surface area contributed by atoms with Gasteiger partial charge in [-0.3, -0.25) is 0 Å². The minimum absolute atomic E-state index is 0.00671. The van der Waals surface area contributed by atoms with Crippen LogP contribution in [0.3, 0.4) is 0 Å². The molecule has 0 aromatic heterocycles. The van der Waals surface area contributed by atoms with E-state index in [1.54, 1.807) is 6.92 Å². The second-order valence-electron chi connectivity index (χ2n) is 3.67. The normalized spacial score (nSPS) is 12.0. The van der Waals surface area contributed by atoms with Gasteiger partial charge in [-0.15, -0.1) is 0 Å². The van der Waals surface area contributed by atoms with E-state index in [4.69, 9.17) is 16.7 Å². The smallest absolute Gasteiger partial charge is 0.319 e. The lowest BCUT2D eigenvalue weighted by atomic mass is 10.2. The minimum Gasteiger partial charge on any atom is -0.396 e. The van der Waals surface area contributed by atoms with Crippen LogP contribution in [0.5, 0.6) is 0 Å². The Morgan fingerprint density at radius 3 is 2.82 bits per heavy atom. The maximum absolute atomic E-state index is 13.0. The number of halogens is 2. The molecule has 0 saturated heterocycles. The summed E-state index contributed by atoms with van der Waals surface area (Å²) < 4.78 is 13.0. The van der Waals surface area contributed by atoms with E-state index in [0.29, 0.717) is 6.42 Å². The predicted molar refractivity (Wildman–Crippen MR) is 64.7 cm³/mol. The standard InChI is InChI=1S/C11H14ClFN2O2/c1-7(2-3-16)14-11(17)15-10-5-8(12)4-9(13)6-10/h4-7,16H,2-3H2,1H3,(H2,14,15,17)/t7-/m1/s1. The molecule has 0 aliphatic rings. The first-order valence-corrected chi connectivity index (χ1v) is 5.53. The molecule has 4 nitrogen and oxygen atoms in total. The van der Waals surface area contributed by atoms with Crippen molar-refractivity contribution in [3.63, 3.8) is 0 Å². The van der Waals surface area contributed by atoms with Crippen molar-refractivity contribution in [3.05, 3.63) is 29.0 Å². The van der Waals surface area contributed by atoms with Crippen molar-refractivity contribution < 1.29 is 14.3 Å². The average Bonchev–Trinajstić information content (AvgIpc) is 2.14. The summed E-state index contributed by atoms with van der Waals surface area (Å²) in [7, 11) is 0. The zero-order chi connectivity index (χ0) is 12.8. The largest absolute Gasteiger partial charge is 0.396 e. The summed E-state index contributed by atoms with van der Waals surface area (Å²) in [6.45, 7) is 1.75. The van der Waals surface area contributed by atoms with E-state index in [0.717, 1.165) is 6.07 Å². The fourth-order valence-corrected chi connectivity index (χ4v) is 1.50. The highest BCUT2D eigenvalue weighted by atomic mass is 35.5. The number of benzene rings is 1. The summed E-state index contributed by atoms with van der Waals surface area (Å²) in [5, 5.41) is 13.9. The molecule has 0 aliphatic carbocycles. The maximum atomic E-state index is 13.0. The number of aliphatic hydroxyl groups is 1. The highest BCUT2D eigenvalue weighted by Crippen LogP contribution is 2.17. The Kier molecular flexibility index (Phi) is 5.18. The van der Waals surface area contributed by atoms with Gasteiger partial charge in [-0.25, -0.2) is 9.18 Å². The van der Waals surface area contributed by atoms with E-state index in [1.807, 2.05) is 0 Å². The Morgan fingerprint density at radius 2 is 2.24 bits per heavy atom. The Labute approximate surface area is 104 Å². The second-order valence-corrected chi connectivity index (χ2v) is 4.11. The first-order valence-electron chi connectivity index (χ1n) is 5.15. The number of amides is 2. The molecule has 94 valence electrons. The molecule has 1 rings (SSSR count). The molecule has 0 heterocycles. The van der Waals surface area contributed by atoms with Gasteiger partial charge in [-0.2, -0.15) is 0 Å². The molecule has 0 unspecified atom stereocenters. The van der Waals surface area contributed by atoms with Crippen LogP contribution in [0.2, 0.25) is 5.02 Å². The summed E-state index contributed by atoms with van der Waals surface area (Å²) in [5.74, 6) is -0.517. The molecule has 0 bridgehead atoms. The van der Waals surface area contributed by atoms with E-state index < -0.39 is 11.8 Å². The van der Waals surface area contributed by atoms with Crippen molar-refractivity contribution in [2.75, 3.05) is 11.9 Å². The highest BCUT2D eigenvalue weighted by Gasteiger charge is 2.07. The van der Waals surface area contributed by atoms with Crippen LogP contribution in [0, 0.1) is 5.82 Å². The molecule has 1 aromatic carbocycles. The second kappa shape index (κ2) is 6.42. The van der Waals surface area contributed by atoms with Crippen molar-refractivity contribution in [2.24, 2.45) is 0 Å². The number of aliphatic hydroxyl groups excluding tert-OH is 1. The van der Waals surface area contributed by atoms with Gasteiger partial charge in [-0.1, -0.05) is 11.6 Å². The van der Waals surface area contributed by atoms with Gasteiger partial charge in [0.15, 0.2) is 0 Å². The number of rotatable bonds is 4. The van der Waals surface area contributed by atoms with Crippen molar-refractivity contribution in [1.82, 2.24) is 5.32 Å². The summed E-state index contributed by atoms with van der Waals surface area (Å²) in [6, 6.07) is 3.14. The summed E-state index contributed by atoms with van der Waals surface area (Å²) in [6.07, 6.45) is 0.456. The van der Waals surface area contributed by atoms with E-state index in [2.05, 4.69) is 10.6 Å². The van der Waals surface area contributed by atoms with Gasteiger partial charge in [0.2, 0.25) is 0 Å². The Balaban J connectivity index is 2.56. The van der Waals surface area contributed by atoms with Gasteiger partial charge in [-0.05, 0) is 31.5 Å². The summed E-state index contributed by atoms with van der Waals surface area (Å²) in [4.78, 5) is 11.5. The van der Waals surface area contributed by atoms with Crippen LogP contribution < -0.4 is 10.6 Å². The number of hydrogen-bond acceptors (Lipinski definition) is 2. The monoisotopic (exact) mass is 260 g/mol. The minimum atomic E-state index is -0.517. The van der Waals surface area contributed by atoms with Crippen LogP contribution in [-0.4, -0.2) is 23.8 Å². The van der Waals surface area contributed by atoms with Crippen molar-refractivity contribution in [2.45, 2.75) is 19.4 Å². The van der Waals surface area contributed by atoms with Crippen LogP contribution in [-0.2, 0) is 0 Å². The molecule has 17 heavy (non-hydrogen) atoms. The molecule has 3 N–H and O–H groups in total. The van der Waals surface area contributed by atoms with Crippen molar-refractivity contribution >= 4 is 23.3 Å². The number of carbonyl (C=O) groups is 1. The van der Waals surface area contributed by atoms with Crippen LogP contribution in [0.1, 0.15) is 13.3 Å². The third-order valence-electron chi connectivity index (χ3n) is 2.06. The number of carbonyl (C=O) groups excluding carboxylic acids is 1. The van der Waals surface area contributed by atoms with Crippen molar-refractivity contribution in [1.29, 1.82) is 0 Å². The predicted octanol–water partition coefficient (Wildman–Crippen LogP) is 2.37. The van der Waals surface area contributed by atoms with E-state index in [-0.39, 0.29) is 23.4 Å². The number of anilines is 1. The zero-order valence-electron chi connectivity index (χ0n) is 9.34. The third kappa shape index (κ3) is 5.01. The average molecular weight is 261 g/mol. The number of urea groups is 1. The molecule has 0 radical (unpaired) electrons. The van der Waals surface area contributed by atoms with Crippen LogP contribution in [0.25, 0.3) is 0 Å². The molecule has 6 heteroatoms. The molecular weight excluding hydrogens is 247 g/mol. The fourth-order valence-electron chi connectivity index (χ4n) is 1.28. The first kappa shape index (κ1) is 13.7.